The van der Waals surface area contributed by atoms with Crippen LogP contribution >= 0.6 is 0 Å². The molecular weight excluding hydrogens is 418 g/mol. The number of nitrogens with zero attached hydrogens (tertiary/aromatic N) is 6. The van der Waals surface area contributed by atoms with Gasteiger partial charge in [0.2, 0.25) is 11.7 Å². The summed E-state index contributed by atoms with van der Waals surface area (Å²) in [4.78, 5) is 34.2. The molecule has 11 heteroatoms. The lowest BCUT2D eigenvalue weighted by Crippen LogP contribution is -2.15. The molecule has 1 amide bonds. The summed E-state index contributed by atoms with van der Waals surface area (Å²) in [6.07, 6.45) is 5.16. The number of anilines is 4. The van der Waals surface area contributed by atoms with Crippen LogP contribution in [0.15, 0.2) is 30.7 Å². The molecule has 168 valence electrons. The summed E-state index contributed by atoms with van der Waals surface area (Å²) in [6.45, 7) is 3.93. The second-order valence-corrected chi connectivity index (χ2v) is 7.39. The first kappa shape index (κ1) is 22.9. The quantitative estimate of drug-likeness (QED) is 0.569. The lowest BCUT2D eigenvalue weighted by atomic mass is 10.1. The fraction of sp³-hybridized carbons (Fsp3) is 0.333. The van der Waals surface area contributed by atoms with E-state index in [-0.39, 0.29) is 17.5 Å². The van der Waals surface area contributed by atoms with Gasteiger partial charge in [0.1, 0.15) is 17.5 Å². The fourth-order valence-corrected chi connectivity index (χ4v) is 2.78. The zero-order chi connectivity index (χ0) is 23.5. The Morgan fingerprint density at radius 2 is 1.81 bits per heavy atom. The Balaban J connectivity index is 2.08. The number of pyridine rings is 1. The number of carbonyl (C=O) groups excluding carboxylic acids is 1. The molecule has 0 aliphatic carbocycles. The van der Waals surface area contributed by atoms with E-state index >= 15 is 0 Å². The first-order chi connectivity index (χ1) is 15.1. The van der Waals surface area contributed by atoms with Crippen molar-refractivity contribution in [2.45, 2.75) is 33.1 Å². The topological polar surface area (TPSA) is 109 Å². The van der Waals surface area contributed by atoms with Gasteiger partial charge in [-0.3, -0.25) is 9.78 Å². The highest BCUT2D eigenvalue weighted by Crippen LogP contribution is 2.32. The molecular formula is C21H24F2N8O. The van der Waals surface area contributed by atoms with Crippen molar-refractivity contribution in [3.05, 3.63) is 42.2 Å². The van der Waals surface area contributed by atoms with Gasteiger partial charge in [-0.15, -0.1) is 0 Å². The van der Waals surface area contributed by atoms with Gasteiger partial charge in [-0.25, -0.2) is 19.9 Å². The van der Waals surface area contributed by atoms with E-state index < -0.39 is 11.7 Å². The number of aromatic nitrogens is 5. The number of aryl methyl sites for hydroxylation is 1. The molecule has 32 heavy (non-hydrogen) atoms. The molecule has 0 unspecified atom stereocenters. The van der Waals surface area contributed by atoms with Crippen LogP contribution < -0.4 is 15.5 Å². The van der Waals surface area contributed by atoms with Crippen LogP contribution in [0.25, 0.3) is 11.3 Å². The second kappa shape index (κ2) is 9.16. The third-order valence-electron chi connectivity index (χ3n) is 4.38. The Hall–Kier alpha value is -3.76. The van der Waals surface area contributed by atoms with Crippen molar-refractivity contribution in [1.29, 1.82) is 0 Å². The molecule has 9 nitrogen and oxygen atoms in total. The van der Waals surface area contributed by atoms with E-state index in [9.17, 15) is 13.6 Å². The number of hydrogen-bond donors (Lipinski definition) is 2. The van der Waals surface area contributed by atoms with Crippen molar-refractivity contribution in [3.8, 4) is 11.3 Å². The SMILES string of the molecule is CCc1cc(Nc2cc(NC(C)=O)ncc2-c2cnc(N(C)C)cn2)nc(C(C)(F)F)n1. The first-order valence-corrected chi connectivity index (χ1v) is 9.87. The smallest absolute Gasteiger partial charge is 0.303 e. The summed E-state index contributed by atoms with van der Waals surface area (Å²) in [6, 6.07) is 3.17. The van der Waals surface area contributed by atoms with E-state index in [1.165, 1.54) is 13.1 Å². The molecule has 0 saturated heterocycles. The second-order valence-electron chi connectivity index (χ2n) is 7.39. The van der Waals surface area contributed by atoms with Crippen molar-refractivity contribution >= 4 is 29.0 Å². The number of nitrogens with one attached hydrogen (secondary N) is 2. The summed E-state index contributed by atoms with van der Waals surface area (Å²) in [5.74, 6) is -2.93. The van der Waals surface area contributed by atoms with Gasteiger partial charge >= 0.3 is 5.92 Å². The zero-order valence-electron chi connectivity index (χ0n) is 18.4. The number of alkyl halides is 2. The summed E-state index contributed by atoms with van der Waals surface area (Å²) in [5.41, 5.74) is 1.98. The van der Waals surface area contributed by atoms with E-state index in [1.54, 1.807) is 24.5 Å². The van der Waals surface area contributed by atoms with Gasteiger partial charge in [0.05, 0.1) is 23.8 Å². The Labute approximate surface area is 184 Å². The van der Waals surface area contributed by atoms with Crippen molar-refractivity contribution in [3.63, 3.8) is 0 Å². The summed E-state index contributed by atoms with van der Waals surface area (Å²) >= 11 is 0. The van der Waals surface area contributed by atoms with Gasteiger partial charge in [0.15, 0.2) is 0 Å². The highest BCUT2D eigenvalue weighted by Gasteiger charge is 2.29. The first-order valence-electron chi connectivity index (χ1n) is 9.87. The van der Waals surface area contributed by atoms with Crippen molar-refractivity contribution < 1.29 is 13.6 Å². The van der Waals surface area contributed by atoms with Crippen LogP contribution in [-0.4, -0.2) is 44.9 Å². The fourth-order valence-electron chi connectivity index (χ4n) is 2.78. The standard InChI is InChI=1S/C21H24F2N8O/c1-6-13-7-18(30-20(28-13)21(3,22)23)29-15-8-17(27-12(2)32)25-9-14(15)16-10-26-19(11-24-16)31(4)5/h7-11H,6H2,1-5H3,(H2,25,27,28,29,30,32). The van der Waals surface area contributed by atoms with Crippen LogP contribution in [0.5, 0.6) is 0 Å². The molecule has 3 aromatic rings. The van der Waals surface area contributed by atoms with Gasteiger partial charge < -0.3 is 15.5 Å². The summed E-state index contributed by atoms with van der Waals surface area (Å²) in [7, 11) is 3.70. The van der Waals surface area contributed by atoms with Crippen molar-refractivity contribution in [2.75, 3.05) is 29.6 Å². The third kappa shape index (κ3) is 5.48. The van der Waals surface area contributed by atoms with E-state index in [2.05, 4.69) is 35.6 Å². The molecule has 0 saturated carbocycles. The average molecular weight is 442 g/mol. The molecule has 0 bridgehead atoms. The maximum absolute atomic E-state index is 13.9. The van der Waals surface area contributed by atoms with Crippen LogP contribution in [0.4, 0.5) is 31.9 Å². The molecule has 0 spiro atoms. The Morgan fingerprint density at radius 1 is 1.06 bits per heavy atom. The molecule has 3 rings (SSSR count). The minimum absolute atomic E-state index is 0.187. The van der Waals surface area contributed by atoms with Crippen molar-refractivity contribution in [1.82, 2.24) is 24.9 Å². The molecule has 0 aliphatic heterocycles. The number of amides is 1. The van der Waals surface area contributed by atoms with Crippen LogP contribution in [0.3, 0.4) is 0 Å². The third-order valence-corrected chi connectivity index (χ3v) is 4.38. The van der Waals surface area contributed by atoms with Gasteiger partial charge in [0, 0.05) is 57.5 Å². The monoisotopic (exact) mass is 442 g/mol. The molecule has 3 aromatic heterocycles. The normalized spacial score (nSPS) is 11.2. The van der Waals surface area contributed by atoms with Crippen LogP contribution in [0.1, 0.15) is 32.3 Å². The van der Waals surface area contributed by atoms with E-state index in [0.29, 0.717) is 34.9 Å². The minimum atomic E-state index is -3.20. The van der Waals surface area contributed by atoms with Crippen LogP contribution in [-0.2, 0) is 17.1 Å². The van der Waals surface area contributed by atoms with Crippen LogP contribution in [0.2, 0.25) is 0 Å². The number of hydrogen-bond acceptors (Lipinski definition) is 8. The summed E-state index contributed by atoms with van der Waals surface area (Å²) in [5, 5.41) is 5.66. The predicted octanol–water partition coefficient (Wildman–Crippen LogP) is 3.77. The summed E-state index contributed by atoms with van der Waals surface area (Å²) < 4.78 is 27.8. The van der Waals surface area contributed by atoms with E-state index in [4.69, 9.17) is 0 Å². The Bertz CT molecular complexity index is 1110. The molecule has 0 aliphatic rings. The highest BCUT2D eigenvalue weighted by molar-refractivity contribution is 5.89. The maximum atomic E-state index is 13.9. The molecule has 2 N–H and O–H groups in total. The molecule has 0 aromatic carbocycles. The zero-order valence-corrected chi connectivity index (χ0v) is 18.4. The average Bonchev–Trinajstić information content (AvgIpc) is 2.72. The molecule has 0 radical (unpaired) electrons. The Morgan fingerprint density at radius 3 is 2.38 bits per heavy atom. The lowest BCUT2D eigenvalue weighted by molar-refractivity contribution is -0.114. The number of rotatable bonds is 7. The molecule has 3 heterocycles. The minimum Gasteiger partial charge on any atom is -0.361 e. The Kier molecular flexibility index (Phi) is 6.56. The van der Waals surface area contributed by atoms with E-state index in [0.717, 1.165) is 6.92 Å². The number of carbonyl (C=O) groups is 1. The maximum Gasteiger partial charge on any atom is 0.303 e. The van der Waals surface area contributed by atoms with Gasteiger partial charge in [-0.1, -0.05) is 6.92 Å². The van der Waals surface area contributed by atoms with Gasteiger partial charge in [-0.2, -0.15) is 8.78 Å². The van der Waals surface area contributed by atoms with Gasteiger partial charge in [-0.05, 0) is 6.42 Å². The van der Waals surface area contributed by atoms with Crippen LogP contribution in [0, 0.1) is 0 Å². The van der Waals surface area contributed by atoms with Gasteiger partial charge in [0.25, 0.3) is 0 Å². The number of halogens is 2. The molecule has 0 atom stereocenters. The predicted molar refractivity (Wildman–Crippen MR) is 118 cm³/mol. The molecule has 0 fully saturated rings. The highest BCUT2D eigenvalue weighted by atomic mass is 19.3. The van der Waals surface area contributed by atoms with Crippen molar-refractivity contribution in [2.24, 2.45) is 0 Å². The lowest BCUT2D eigenvalue weighted by Gasteiger charge is -2.16. The largest absolute Gasteiger partial charge is 0.361 e. The van der Waals surface area contributed by atoms with E-state index in [1.807, 2.05) is 25.9 Å².